The Hall–Kier alpha value is -1.81. The quantitative estimate of drug-likeness (QED) is 0.804. The van der Waals surface area contributed by atoms with Crippen molar-refractivity contribution in [1.29, 1.82) is 0 Å². The third-order valence-electron chi connectivity index (χ3n) is 4.48. The molecular formula is C20H22BrNO2. The van der Waals surface area contributed by atoms with E-state index in [-0.39, 0.29) is 12.5 Å². The van der Waals surface area contributed by atoms with Crippen LogP contribution >= 0.6 is 15.9 Å². The molecule has 0 radical (unpaired) electrons. The number of hydrogen-bond acceptors (Lipinski definition) is 2. The molecule has 0 atom stereocenters. The Balaban J connectivity index is 1.66. The molecule has 0 aliphatic heterocycles. The first kappa shape index (κ1) is 17.0. The van der Waals surface area contributed by atoms with E-state index in [1.54, 1.807) is 0 Å². The number of ether oxygens (including phenoxy) is 1. The number of anilines is 1. The number of halogens is 1. The Kier molecular flexibility index (Phi) is 5.24. The number of amides is 1. The lowest BCUT2D eigenvalue weighted by molar-refractivity contribution is -0.118. The van der Waals surface area contributed by atoms with Crippen molar-refractivity contribution in [2.75, 3.05) is 11.9 Å². The Bertz CT molecular complexity index is 770. The van der Waals surface area contributed by atoms with Gasteiger partial charge < -0.3 is 10.1 Å². The van der Waals surface area contributed by atoms with Gasteiger partial charge in [-0.2, -0.15) is 0 Å². The van der Waals surface area contributed by atoms with Gasteiger partial charge in [0, 0.05) is 10.2 Å². The van der Waals surface area contributed by atoms with Crippen LogP contribution in [0.5, 0.6) is 5.75 Å². The third kappa shape index (κ3) is 3.81. The monoisotopic (exact) mass is 387 g/mol. The van der Waals surface area contributed by atoms with E-state index in [4.69, 9.17) is 4.74 Å². The van der Waals surface area contributed by atoms with Crippen molar-refractivity contribution in [3.8, 4) is 5.75 Å². The van der Waals surface area contributed by atoms with E-state index < -0.39 is 0 Å². The average molecular weight is 388 g/mol. The second-order valence-corrected chi connectivity index (χ2v) is 7.21. The van der Waals surface area contributed by atoms with Crippen molar-refractivity contribution in [3.63, 3.8) is 0 Å². The van der Waals surface area contributed by atoms with Crippen LogP contribution in [-0.4, -0.2) is 12.5 Å². The molecule has 1 aliphatic rings. The highest BCUT2D eigenvalue weighted by Crippen LogP contribution is 2.28. The maximum Gasteiger partial charge on any atom is 0.262 e. The van der Waals surface area contributed by atoms with Crippen LogP contribution in [0.15, 0.2) is 34.8 Å². The van der Waals surface area contributed by atoms with Gasteiger partial charge in [-0.15, -0.1) is 0 Å². The smallest absolute Gasteiger partial charge is 0.262 e. The average Bonchev–Trinajstić information content (AvgIpc) is 2.57. The molecule has 2 aromatic rings. The minimum absolute atomic E-state index is 0.0194. The molecule has 4 heteroatoms. The third-order valence-corrected chi connectivity index (χ3v) is 5.34. The lowest BCUT2D eigenvalue weighted by Crippen LogP contribution is -2.22. The molecular weight excluding hydrogens is 366 g/mol. The summed E-state index contributed by atoms with van der Waals surface area (Å²) in [5.74, 6) is 0.634. The first-order valence-electron chi connectivity index (χ1n) is 8.35. The highest BCUT2D eigenvalue weighted by atomic mass is 79.9. The van der Waals surface area contributed by atoms with E-state index in [1.165, 1.54) is 24.0 Å². The first-order valence-corrected chi connectivity index (χ1v) is 9.14. The van der Waals surface area contributed by atoms with Crippen molar-refractivity contribution >= 4 is 27.5 Å². The van der Waals surface area contributed by atoms with E-state index in [0.717, 1.165) is 39.9 Å². The minimum atomic E-state index is -0.117. The number of benzene rings is 2. The van der Waals surface area contributed by atoms with Crippen molar-refractivity contribution < 1.29 is 9.53 Å². The van der Waals surface area contributed by atoms with Crippen LogP contribution in [0.25, 0.3) is 0 Å². The molecule has 1 aliphatic carbocycles. The van der Waals surface area contributed by atoms with Crippen molar-refractivity contribution in [1.82, 2.24) is 0 Å². The van der Waals surface area contributed by atoms with Crippen LogP contribution < -0.4 is 10.1 Å². The summed E-state index contributed by atoms with van der Waals surface area (Å²) in [6.07, 6.45) is 4.56. The molecule has 126 valence electrons. The van der Waals surface area contributed by atoms with Gasteiger partial charge in [0.05, 0.1) is 0 Å². The number of fused-ring (bicyclic) bond motifs is 1. The standard InChI is InChI=1S/C20H22BrNO2/c1-13-11-19(14(2)10-17(13)21)24-12-20(23)22-18-9-5-7-15-6-3-4-8-16(15)18/h5,7,9-11H,3-4,6,8,12H2,1-2H3,(H,22,23). The number of nitrogens with one attached hydrogen (secondary N) is 1. The van der Waals surface area contributed by atoms with Crippen molar-refractivity contribution in [2.45, 2.75) is 39.5 Å². The van der Waals surface area contributed by atoms with Crippen LogP contribution in [0, 0.1) is 13.8 Å². The van der Waals surface area contributed by atoms with Crippen LogP contribution in [0.2, 0.25) is 0 Å². The van der Waals surface area contributed by atoms with Gasteiger partial charge in [0.1, 0.15) is 5.75 Å². The summed E-state index contributed by atoms with van der Waals surface area (Å²) in [5, 5.41) is 3.01. The highest BCUT2D eigenvalue weighted by molar-refractivity contribution is 9.10. The predicted octanol–water partition coefficient (Wildman–Crippen LogP) is 4.96. The Labute approximate surface area is 151 Å². The fraction of sp³-hybridized carbons (Fsp3) is 0.350. The second-order valence-electron chi connectivity index (χ2n) is 6.35. The number of hydrogen-bond donors (Lipinski definition) is 1. The summed E-state index contributed by atoms with van der Waals surface area (Å²) >= 11 is 3.50. The molecule has 0 heterocycles. The Morgan fingerprint density at radius 1 is 1.17 bits per heavy atom. The normalized spacial score (nSPS) is 13.3. The molecule has 0 fully saturated rings. The van der Waals surface area contributed by atoms with Gasteiger partial charge in [-0.3, -0.25) is 4.79 Å². The van der Waals surface area contributed by atoms with E-state index in [0.29, 0.717) is 0 Å². The summed E-state index contributed by atoms with van der Waals surface area (Å²) in [6.45, 7) is 4.00. The first-order chi connectivity index (χ1) is 11.5. The fourth-order valence-corrected chi connectivity index (χ4v) is 3.60. The molecule has 0 spiro atoms. The Morgan fingerprint density at radius 2 is 1.96 bits per heavy atom. The topological polar surface area (TPSA) is 38.3 Å². The molecule has 2 aromatic carbocycles. The molecule has 3 nitrogen and oxygen atoms in total. The molecule has 0 saturated carbocycles. The zero-order valence-corrected chi connectivity index (χ0v) is 15.7. The SMILES string of the molecule is Cc1cc(OCC(=O)Nc2cccc3c2CCCC3)c(C)cc1Br. The van der Waals surface area contributed by atoms with Crippen LogP contribution in [0.3, 0.4) is 0 Å². The van der Waals surface area contributed by atoms with Gasteiger partial charge in [0.25, 0.3) is 5.91 Å². The molecule has 0 saturated heterocycles. The summed E-state index contributed by atoms with van der Waals surface area (Å²) in [6, 6.07) is 10.1. The Morgan fingerprint density at radius 3 is 2.79 bits per heavy atom. The van der Waals surface area contributed by atoms with Crippen LogP contribution in [-0.2, 0) is 17.6 Å². The number of rotatable bonds is 4. The zero-order valence-electron chi connectivity index (χ0n) is 14.1. The maximum absolute atomic E-state index is 12.3. The van der Waals surface area contributed by atoms with Gasteiger partial charge in [0.15, 0.2) is 6.61 Å². The number of aryl methyl sites for hydroxylation is 3. The lowest BCUT2D eigenvalue weighted by Gasteiger charge is -2.19. The minimum Gasteiger partial charge on any atom is -0.483 e. The van der Waals surface area contributed by atoms with Gasteiger partial charge in [-0.1, -0.05) is 28.1 Å². The molecule has 24 heavy (non-hydrogen) atoms. The van der Waals surface area contributed by atoms with E-state index >= 15 is 0 Å². The second kappa shape index (κ2) is 7.39. The van der Waals surface area contributed by atoms with Crippen LogP contribution in [0.1, 0.15) is 35.1 Å². The number of carbonyl (C=O) groups excluding carboxylic acids is 1. The maximum atomic E-state index is 12.3. The summed E-state index contributed by atoms with van der Waals surface area (Å²) < 4.78 is 6.77. The van der Waals surface area contributed by atoms with Gasteiger partial charge in [-0.05, 0) is 80.0 Å². The van der Waals surface area contributed by atoms with E-state index in [1.807, 2.05) is 38.1 Å². The fourth-order valence-electron chi connectivity index (χ4n) is 3.14. The molecule has 1 amide bonds. The number of carbonyl (C=O) groups is 1. The molecule has 0 bridgehead atoms. The molecule has 0 aromatic heterocycles. The molecule has 3 rings (SSSR count). The summed E-state index contributed by atoms with van der Waals surface area (Å²) in [4.78, 5) is 12.3. The lowest BCUT2D eigenvalue weighted by atomic mass is 9.90. The van der Waals surface area contributed by atoms with E-state index in [2.05, 4.69) is 27.3 Å². The van der Waals surface area contributed by atoms with Crippen molar-refractivity contribution in [3.05, 3.63) is 57.1 Å². The zero-order chi connectivity index (χ0) is 17.1. The van der Waals surface area contributed by atoms with Crippen molar-refractivity contribution in [2.24, 2.45) is 0 Å². The summed E-state index contributed by atoms with van der Waals surface area (Å²) in [7, 11) is 0. The molecule has 0 unspecified atom stereocenters. The molecule has 1 N–H and O–H groups in total. The van der Waals surface area contributed by atoms with Gasteiger partial charge >= 0.3 is 0 Å². The predicted molar refractivity (Wildman–Crippen MR) is 101 cm³/mol. The van der Waals surface area contributed by atoms with E-state index in [9.17, 15) is 4.79 Å². The van der Waals surface area contributed by atoms with Crippen LogP contribution in [0.4, 0.5) is 5.69 Å². The highest BCUT2D eigenvalue weighted by Gasteiger charge is 2.15. The largest absolute Gasteiger partial charge is 0.483 e. The summed E-state index contributed by atoms with van der Waals surface area (Å²) in [5.41, 5.74) is 5.68. The van der Waals surface area contributed by atoms with Gasteiger partial charge in [0.2, 0.25) is 0 Å². The van der Waals surface area contributed by atoms with Gasteiger partial charge in [-0.25, -0.2) is 0 Å².